The molecule has 0 unspecified atom stereocenters. The van der Waals surface area contributed by atoms with Crippen LogP contribution in [0.5, 0.6) is 0 Å². The Morgan fingerprint density at radius 2 is 1.25 bits per heavy atom. The van der Waals surface area contributed by atoms with E-state index in [0.29, 0.717) is 0 Å². The van der Waals surface area contributed by atoms with E-state index >= 15 is 0 Å². The van der Waals surface area contributed by atoms with Gasteiger partial charge in [-0.15, -0.1) is 0 Å². The molecule has 4 heavy (non-hydrogen) atoms. The smallest absolute Gasteiger partial charge is 1.00 e. The number of hydrogen-bond acceptors (Lipinski definition) is 0. The minimum atomic E-state index is 0. The normalized spacial score (nSPS) is 0. The minimum Gasteiger partial charge on any atom is -1.00 e. The van der Waals surface area contributed by atoms with Crippen molar-refractivity contribution < 1.29 is 80.9 Å². The Kier molecular flexibility index (Phi) is 137. The topological polar surface area (TPSA) is 0 Å². The van der Waals surface area contributed by atoms with Crippen LogP contribution in [0.4, 0.5) is 0 Å². The molecule has 0 saturated heterocycles. The standard InChI is InChI=1S/Li.Nb.Ni.Ti.H/q+1;;;;-1. The van der Waals surface area contributed by atoms with Crippen molar-refractivity contribution in [2.45, 2.75) is 0 Å². The molecule has 0 amide bonds. The molecule has 0 nitrogen and oxygen atoms in total. The maximum absolute atomic E-state index is 0. The Bertz CT molecular complexity index is 11.6. The quantitative estimate of drug-likeness (QED) is 0.374. The van der Waals surface area contributed by atoms with Gasteiger partial charge in [-0.25, -0.2) is 0 Å². The Hall–Kier alpha value is 2.55. The van der Waals surface area contributed by atoms with E-state index in [1.807, 2.05) is 0 Å². The van der Waals surface area contributed by atoms with Crippen molar-refractivity contribution in [3.8, 4) is 0 Å². The zero-order chi connectivity index (χ0) is 0. The molecular weight excluding hydrogens is 206 g/mol. The van der Waals surface area contributed by atoms with E-state index in [4.69, 9.17) is 0 Å². The first kappa shape index (κ1) is 31.1. The molecule has 0 bridgehead atoms. The average Bonchev–Trinajstić information content (AvgIpc) is 0. The van der Waals surface area contributed by atoms with Crippen molar-refractivity contribution in [2.75, 3.05) is 0 Å². The largest absolute Gasteiger partial charge is 1.00 e. The van der Waals surface area contributed by atoms with Gasteiger partial charge < -0.3 is 1.43 Å². The second-order valence-corrected chi connectivity index (χ2v) is 0. The Morgan fingerprint density at radius 1 is 1.25 bits per heavy atom. The van der Waals surface area contributed by atoms with Crippen molar-refractivity contribution >= 4 is 0 Å². The van der Waals surface area contributed by atoms with Gasteiger partial charge in [0, 0.05) is 60.6 Å². The molecular formula is HLiNbNiTi. The van der Waals surface area contributed by atoms with Gasteiger partial charge in [0.1, 0.15) is 0 Å². The van der Waals surface area contributed by atoms with Gasteiger partial charge in [-0.05, 0) is 0 Å². The van der Waals surface area contributed by atoms with Crippen LogP contribution >= 0.6 is 0 Å². The van der Waals surface area contributed by atoms with Gasteiger partial charge in [0.25, 0.3) is 0 Å². The van der Waals surface area contributed by atoms with Gasteiger partial charge in [-0.1, -0.05) is 0 Å². The summed E-state index contributed by atoms with van der Waals surface area (Å²) in [7, 11) is 0. The van der Waals surface area contributed by atoms with Gasteiger partial charge in [0.2, 0.25) is 0 Å². The summed E-state index contributed by atoms with van der Waals surface area (Å²) in [6.45, 7) is 0. The van der Waals surface area contributed by atoms with Crippen LogP contribution in [0.25, 0.3) is 0 Å². The summed E-state index contributed by atoms with van der Waals surface area (Å²) >= 11 is 0. The first-order chi connectivity index (χ1) is 0. The summed E-state index contributed by atoms with van der Waals surface area (Å²) in [6.07, 6.45) is 0. The van der Waals surface area contributed by atoms with Crippen molar-refractivity contribution in [1.82, 2.24) is 0 Å². The fourth-order valence-corrected chi connectivity index (χ4v) is 0. The van der Waals surface area contributed by atoms with E-state index in [-0.39, 0.29) is 80.9 Å². The third kappa shape index (κ3) is 8.82. The van der Waals surface area contributed by atoms with Gasteiger partial charge in [0.15, 0.2) is 0 Å². The van der Waals surface area contributed by atoms with Crippen LogP contribution in [-0.2, 0) is 60.6 Å². The third-order valence-electron chi connectivity index (χ3n) is 0. The van der Waals surface area contributed by atoms with Crippen molar-refractivity contribution in [3.63, 3.8) is 0 Å². The van der Waals surface area contributed by atoms with Crippen LogP contribution in [0.3, 0.4) is 0 Å². The second-order valence-electron chi connectivity index (χ2n) is 0. The Morgan fingerprint density at radius 3 is 1.25 bits per heavy atom. The molecule has 0 aromatic rings. The van der Waals surface area contributed by atoms with E-state index in [2.05, 4.69) is 0 Å². The van der Waals surface area contributed by atoms with Gasteiger partial charge in [0.05, 0.1) is 0 Å². The van der Waals surface area contributed by atoms with E-state index in [1.165, 1.54) is 0 Å². The predicted molar refractivity (Wildman–Crippen MR) is 1.11 cm³/mol. The minimum absolute atomic E-state index is 0. The summed E-state index contributed by atoms with van der Waals surface area (Å²) in [5, 5.41) is 0. The molecule has 4 heteroatoms. The third-order valence-corrected chi connectivity index (χ3v) is 0. The Balaban J connectivity index is 0. The molecule has 0 spiro atoms. The SMILES string of the molecule is [H-].[Li+].[Nb].[Ni].[Ti]. The molecule has 0 N–H and O–H groups in total. The summed E-state index contributed by atoms with van der Waals surface area (Å²) in [6, 6.07) is 0. The van der Waals surface area contributed by atoms with Crippen LogP contribution in [0.2, 0.25) is 0 Å². The van der Waals surface area contributed by atoms with Crippen molar-refractivity contribution in [3.05, 3.63) is 0 Å². The van der Waals surface area contributed by atoms with Crippen LogP contribution in [0.1, 0.15) is 1.43 Å². The fraction of sp³-hybridized carbons (Fsp3) is 0. The van der Waals surface area contributed by atoms with Crippen molar-refractivity contribution in [1.29, 1.82) is 0 Å². The molecule has 0 fully saturated rings. The predicted octanol–water partition coefficient (Wildman–Crippen LogP) is -2.89. The number of rotatable bonds is 0. The van der Waals surface area contributed by atoms with Crippen LogP contribution in [0, 0.1) is 0 Å². The molecule has 0 aliphatic carbocycles. The maximum atomic E-state index is 0. The molecule has 0 rings (SSSR count). The first-order valence-corrected chi connectivity index (χ1v) is 0. The summed E-state index contributed by atoms with van der Waals surface area (Å²) in [5.74, 6) is 0. The van der Waals surface area contributed by atoms with E-state index in [0.717, 1.165) is 0 Å². The molecule has 0 heterocycles. The van der Waals surface area contributed by atoms with Crippen LogP contribution in [-0.4, -0.2) is 0 Å². The fourth-order valence-electron chi connectivity index (χ4n) is 0. The molecule has 0 aromatic carbocycles. The number of hydrogen-bond donors (Lipinski definition) is 0. The van der Waals surface area contributed by atoms with E-state index in [1.54, 1.807) is 0 Å². The maximum Gasteiger partial charge on any atom is 1.00 e. The van der Waals surface area contributed by atoms with E-state index in [9.17, 15) is 0 Å². The van der Waals surface area contributed by atoms with Crippen LogP contribution in [0.15, 0.2) is 0 Å². The Labute approximate surface area is 79.8 Å². The summed E-state index contributed by atoms with van der Waals surface area (Å²) < 4.78 is 0. The zero-order valence-corrected chi connectivity index (χ0v) is 7.01. The van der Waals surface area contributed by atoms with Crippen LogP contribution < -0.4 is 18.9 Å². The molecule has 21 valence electrons. The summed E-state index contributed by atoms with van der Waals surface area (Å²) in [5.41, 5.74) is 0. The monoisotopic (exact) mass is 207 g/mol. The second kappa shape index (κ2) is 17.7. The average molecular weight is 207 g/mol. The van der Waals surface area contributed by atoms with Gasteiger partial charge in [-0.3, -0.25) is 0 Å². The molecule has 1 radical (unpaired) electrons. The van der Waals surface area contributed by atoms with Crippen molar-refractivity contribution in [2.24, 2.45) is 0 Å². The van der Waals surface area contributed by atoms with Gasteiger partial charge in [-0.2, -0.15) is 0 Å². The molecule has 0 atom stereocenters. The summed E-state index contributed by atoms with van der Waals surface area (Å²) in [4.78, 5) is 0. The zero-order valence-electron chi connectivity index (χ0n) is 3.26. The molecule has 0 aliphatic heterocycles. The molecule has 0 aliphatic rings. The molecule has 0 saturated carbocycles. The van der Waals surface area contributed by atoms with E-state index < -0.39 is 0 Å². The first-order valence-electron chi connectivity index (χ1n) is 0. The molecule has 0 aromatic heterocycles. The van der Waals surface area contributed by atoms with Gasteiger partial charge >= 0.3 is 18.9 Å².